The fourth-order valence-electron chi connectivity index (χ4n) is 1.93. The SMILES string of the molecule is O=C(Nc1ccccc1C(=O)NCC(F)(F)F)c1cc(Br)ccc1F. The predicted molar refractivity (Wildman–Crippen MR) is 86.9 cm³/mol. The van der Waals surface area contributed by atoms with E-state index in [2.05, 4.69) is 21.2 Å². The van der Waals surface area contributed by atoms with Gasteiger partial charge in [-0.2, -0.15) is 13.2 Å². The van der Waals surface area contributed by atoms with Crippen LogP contribution in [0.2, 0.25) is 0 Å². The molecule has 2 aromatic carbocycles. The van der Waals surface area contributed by atoms with Gasteiger partial charge in [-0.15, -0.1) is 0 Å². The lowest BCUT2D eigenvalue weighted by Crippen LogP contribution is -2.34. The van der Waals surface area contributed by atoms with Gasteiger partial charge in [-0.25, -0.2) is 4.39 Å². The van der Waals surface area contributed by atoms with Crippen molar-refractivity contribution in [3.8, 4) is 0 Å². The van der Waals surface area contributed by atoms with E-state index in [1.807, 2.05) is 0 Å². The second-order valence-corrected chi connectivity index (χ2v) is 5.84. The first kappa shape index (κ1) is 18.9. The van der Waals surface area contributed by atoms with Gasteiger partial charge in [-0.1, -0.05) is 28.1 Å². The number of hydrogen-bond donors (Lipinski definition) is 2. The molecule has 0 fully saturated rings. The summed E-state index contributed by atoms with van der Waals surface area (Å²) in [5.41, 5.74) is -0.484. The summed E-state index contributed by atoms with van der Waals surface area (Å²) in [5.74, 6) is -2.63. The van der Waals surface area contributed by atoms with Gasteiger partial charge in [-0.05, 0) is 30.3 Å². The standard InChI is InChI=1S/C16H11BrF4N2O2/c17-9-5-6-12(18)11(7-9)15(25)23-13-4-2-1-3-10(13)14(24)22-8-16(19,20)21/h1-7H,8H2,(H,22,24)(H,23,25). The number of halogens is 5. The zero-order chi connectivity index (χ0) is 18.6. The molecule has 132 valence electrons. The molecule has 4 nitrogen and oxygen atoms in total. The largest absolute Gasteiger partial charge is 0.405 e. The van der Waals surface area contributed by atoms with Crippen molar-refractivity contribution in [2.75, 3.05) is 11.9 Å². The fraction of sp³-hybridized carbons (Fsp3) is 0.125. The van der Waals surface area contributed by atoms with E-state index in [4.69, 9.17) is 0 Å². The molecule has 25 heavy (non-hydrogen) atoms. The second kappa shape index (κ2) is 7.64. The average molecular weight is 419 g/mol. The summed E-state index contributed by atoms with van der Waals surface area (Å²) in [6.45, 7) is -1.51. The average Bonchev–Trinajstić information content (AvgIpc) is 2.54. The second-order valence-electron chi connectivity index (χ2n) is 4.92. The minimum absolute atomic E-state index is 0.0356. The molecule has 0 saturated heterocycles. The zero-order valence-electron chi connectivity index (χ0n) is 12.5. The van der Waals surface area contributed by atoms with E-state index in [9.17, 15) is 27.2 Å². The Morgan fingerprint density at radius 1 is 1.00 bits per heavy atom. The number of para-hydroxylation sites is 1. The molecule has 2 rings (SSSR count). The lowest BCUT2D eigenvalue weighted by Gasteiger charge is -2.13. The van der Waals surface area contributed by atoms with Crippen LogP contribution < -0.4 is 10.6 Å². The van der Waals surface area contributed by atoms with Crippen LogP contribution in [0.4, 0.5) is 23.2 Å². The highest BCUT2D eigenvalue weighted by Crippen LogP contribution is 2.20. The van der Waals surface area contributed by atoms with Gasteiger partial charge in [0.05, 0.1) is 16.8 Å². The number of benzene rings is 2. The van der Waals surface area contributed by atoms with Crippen LogP contribution in [0.1, 0.15) is 20.7 Å². The zero-order valence-corrected chi connectivity index (χ0v) is 14.0. The molecule has 9 heteroatoms. The van der Waals surface area contributed by atoms with Crippen LogP contribution in [-0.4, -0.2) is 24.5 Å². The molecule has 0 saturated carbocycles. The van der Waals surface area contributed by atoms with Crippen molar-refractivity contribution in [2.24, 2.45) is 0 Å². The van der Waals surface area contributed by atoms with E-state index in [0.29, 0.717) is 4.47 Å². The molecule has 2 aromatic rings. The molecule has 0 aliphatic carbocycles. The highest BCUT2D eigenvalue weighted by Gasteiger charge is 2.28. The van der Waals surface area contributed by atoms with E-state index in [-0.39, 0.29) is 16.8 Å². The topological polar surface area (TPSA) is 58.2 Å². The van der Waals surface area contributed by atoms with E-state index in [1.54, 1.807) is 5.32 Å². The van der Waals surface area contributed by atoms with Gasteiger partial charge in [0.1, 0.15) is 12.4 Å². The van der Waals surface area contributed by atoms with Crippen molar-refractivity contribution in [1.29, 1.82) is 0 Å². The van der Waals surface area contributed by atoms with Gasteiger partial charge in [-0.3, -0.25) is 9.59 Å². The lowest BCUT2D eigenvalue weighted by atomic mass is 10.1. The maximum Gasteiger partial charge on any atom is 0.405 e. The summed E-state index contributed by atoms with van der Waals surface area (Å²) in [4.78, 5) is 24.1. The van der Waals surface area contributed by atoms with Crippen LogP contribution in [0.25, 0.3) is 0 Å². The Morgan fingerprint density at radius 2 is 1.68 bits per heavy atom. The van der Waals surface area contributed by atoms with Gasteiger partial charge in [0, 0.05) is 4.47 Å². The maximum atomic E-state index is 13.7. The quantitative estimate of drug-likeness (QED) is 0.733. The lowest BCUT2D eigenvalue weighted by molar-refractivity contribution is -0.123. The third kappa shape index (κ3) is 5.28. The number of nitrogens with one attached hydrogen (secondary N) is 2. The predicted octanol–water partition coefficient (Wildman–Crippen LogP) is 4.13. The molecular formula is C16H11BrF4N2O2. The normalized spacial score (nSPS) is 11.1. The third-order valence-corrected chi connectivity index (χ3v) is 3.54. The number of carbonyl (C=O) groups is 2. The molecule has 0 atom stereocenters. The van der Waals surface area contributed by atoms with Gasteiger partial charge in [0.2, 0.25) is 0 Å². The monoisotopic (exact) mass is 418 g/mol. The summed E-state index contributed by atoms with van der Waals surface area (Å²) >= 11 is 3.11. The van der Waals surface area contributed by atoms with Crippen molar-refractivity contribution >= 4 is 33.4 Å². The number of carbonyl (C=O) groups excluding carboxylic acids is 2. The minimum atomic E-state index is -4.56. The van der Waals surface area contributed by atoms with Gasteiger partial charge in [0.25, 0.3) is 11.8 Å². The Bertz CT molecular complexity index is 809. The van der Waals surface area contributed by atoms with Crippen LogP contribution in [-0.2, 0) is 0 Å². The molecule has 0 heterocycles. The van der Waals surface area contributed by atoms with Crippen LogP contribution >= 0.6 is 15.9 Å². The Labute approximate surface area is 148 Å². The summed E-state index contributed by atoms with van der Waals surface area (Å²) in [6.07, 6.45) is -4.56. The van der Waals surface area contributed by atoms with E-state index in [1.165, 1.54) is 36.4 Å². The van der Waals surface area contributed by atoms with E-state index < -0.39 is 30.4 Å². The summed E-state index contributed by atoms with van der Waals surface area (Å²) in [5, 5.41) is 4.05. The summed E-state index contributed by atoms with van der Waals surface area (Å²) in [6, 6.07) is 9.22. The number of rotatable bonds is 4. The van der Waals surface area contributed by atoms with Crippen molar-refractivity contribution in [3.63, 3.8) is 0 Å². The van der Waals surface area contributed by atoms with Crippen LogP contribution in [0.5, 0.6) is 0 Å². The number of anilines is 1. The highest BCUT2D eigenvalue weighted by molar-refractivity contribution is 9.10. The Hall–Kier alpha value is -2.42. The fourth-order valence-corrected chi connectivity index (χ4v) is 2.29. The molecule has 2 amide bonds. The number of hydrogen-bond acceptors (Lipinski definition) is 2. The Morgan fingerprint density at radius 3 is 2.36 bits per heavy atom. The molecule has 0 aliphatic heterocycles. The van der Waals surface area contributed by atoms with Crippen LogP contribution in [0.15, 0.2) is 46.9 Å². The molecule has 0 aromatic heterocycles. The highest BCUT2D eigenvalue weighted by atomic mass is 79.9. The smallest absolute Gasteiger partial charge is 0.343 e. The van der Waals surface area contributed by atoms with Gasteiger partial charge >= 0.3 is 6.18 Å². The Kier molecular flexibility index (Phi) is 5.78. The van der Waals surface area contributed by atoms with Crippen LogP contribution in [0.3, 0.4) is 0 Å². The summed E-state index contributed by atoms with van der Waals surface area (Å²) in [7, 11) is 0. The first-order valence-corrected chi connectivity index (χ1v) is 7.67. The number of amides is 2. The molecule has 0 radical (unpaired) electrons. The van der Waals surface area contributed by atoms with Gasteiger partial charge < -0.3 is 10.6 Å². The van der Waals surface area contributed by atoms with Crippen molar-refractivity contribution in [1.82, 2.24) is 5.32 Å². The maximum absolute atomic E-state index is 13.7. The van der Waals surface area contributed by atoms with Crippen molar-refractivity contribution < 1.29 is 27.2 Å². The first-order valence-electron chi connectivity index (χ1n) is 6.88. The summed E-state index contributed by atoms with van der Waals surface area (Å²) < 4.78 is 50.9. The third-order valence-electron chi connectivity index (χ3n) is 3.04. The molecule has 0 bridgehead atoms. The number of alkyl halides is 3. The van der Waals surface area contributed by atoms with Crippen LogP contribution in [0, 0.1) is 5.82 Å². The molecule has 0 spiro atoms. The Balaban J connectivity index is 2.21. The van der Waals surface area contributed by atoms with E-state index >= 15 is 0 Å². The van der Waals surface area contributed by atoms with Gasteiger partial charge in [0.15, 0.2) is 0 Å². The molecular weight excluding hydrogens is 408 g/mol. The van der Waals surface area contributed by atoms with Crippen molar-refractivity contribution in [3.05, 3.63) is 63.9 Å². The van der Waals surface area contributed by atoms with E-state index in [0.717, 1.165) is 6.07 Å². The molecule has 0 unspecified atom stereocenters. The first-order chi connectivity index (χ1) is 11.7. The molecule has 2 N–H and O–H groups in total. The molecule has 0 aliphatic rings. The minimum Gasteiger partial charge on any atom is -0.343 e. The van der Waals surface area contributed by atoms with Crippen molar-refractivity contribution in [2.45, 2.75) is 6.18 Å².